The van der Waals surface area contributed by atoms with Crippen molar-refractivity contribution in [2.24, 2.45) is 11.8 Å². The molecule has 0 amide bonds. The molecule has 2 unspecified atom stereocenters. The van der Waals surface area contributed by atoms with Crippen molar-refractivity contribution in [2.75, 3.05) is 23.7 Å². The van der Waals surface area contributed by atoms with Gasteiger partial charge in [0.05, 0.1) is 0 Å². The molecule has 2 aromatic rings. The third kappa shape index (κ3) is 2.25. The molecule has 1 aromatic carbocycles. The number of nitrogens with two attached hydrogens (primary N) is 1. The standard InChI is InChI=1S/C18H23N3/c19-17-5-6-18(15-7-9-20-11-16(15)17)21-10-8-13-3-1-2-4-14(13)12-21/h5-7,9,11,13-14H,1-4,8,10,12,19H2. The molecule has 0 bridgehead atoms. The van der Waals surface area contributed by atoms with E-state index in [1.165, 1.54) is 56.3 Å². The van der Waals surface area contributed by atoms with E-state index in [1.807, 2.05) is 18.5 Å². The number of pyridine rings is 1. The Morgan fingerprint density at radius 2 is 1.86 bits per heavy atom. The summed E-state index contributed by atoms with van der Waals surface area (Å²) >= 11 is 0. The number of piperidine rings is 1. The van der Waals surface area contributed by atoms with Crippen molar-refractivity contribution in [1.82, 2.24) is 4.98 Å². The quantitative estimate of drug-likeness (QED) is 0.808. The summed E-state index contributed by atoms with van der Waals surface area (Å²) < 4.78 is 0. The van der Waals surface area contributed by atoms with Gasteiger partial charge in [0.2, 0.25) is 0 Å². The van der Waals surface area contributed by atoms with Gasteiger partial charge in [-0.15, -0.1) is 0 Å². The zero-order valence-corrected chi connectivity index (χ0v) is 12.5. The summed E-state index contributed by atoms with van der Waals surface area (Å²) in [5.74, 6) is 1.86. The van der Waals surface area contributed by atoms with E-state index in [9.17, 15) is 0 Å². The minimum atomic E-state index is 0.828. The van der Waals surface area contributed by atoms with E-state index in [2.05, 4.69) is 22.0 Å². The Balaban J connectivity index is 1.69. The van der Waals surface area contributed by atoms with Crippen LogP contribution in [0.4, 0.5) is 11.4 Å². The lowest BCUT2D eigenvalue weighted by Crippen LogP contribution is -2.41. The van der Waals surface area contributed by atoms with Crippen LogP contribution in [0.25, 0.3) is 10.8 Å². The Hall–Kier alpha value is -1.77. The maximum atomic E-state index is 6.10. The van der Waals surface area contributed by atoms with Crippen molar-refractivity contribution >= 4 is 22.1 Å². The Morgan fingerprint density at radius 3 is 2.76 bits per heavy atom. The second-order valence-electron chi connectivity index (χ2n) is 6.63. The number of aromatic nitrogens is 1. The highest BCUT2D eigenvalue weighted by molar-refractivity contribution is 6.00. The van der Waals surface area contributed by atoms with Gasteiger partial charge in [-0.1, -0.05) is 19.3 Å². The van der Waals surface area contributed by atoms with E-state index in [1.54, 1.807) is 0 Å². The largest absolute Gasteiger partial charge is 0.398 e. The molecule has 1 aromatic heterocycles. The van der Waals surface area contributed by atoms with E-state index < -0.39 is 0 Å². The van der Waals surface area contributed by atoms with Crippen LogP contribution < -0.4 is 10.6 Å². The first-order valence-electron chi connectivity index (χ1n) is 8.20. The number of hydrogen-bond acceptors (Lipinski definition) is 3. The maximum Gasteiger partial charge on any atom is 0.0448 e. The van der Waals surface area contributed by atoms with Gasteiger partial charge in [0.1, 0.15) is 0 Å². The minimum Gasteiger partial charge on any atom is -0.398 e. The van der Waals surface area contributed by atoms with Crippen LogP contribution in [0.2, 0.25) is 0 Å². The number of hydrogen-bond donors (Lipinski definition) is 1. The lowest BCUT2D eigenvalue weighted by atomic mass is 9.75. The number of nitrogens with zero attached hydrogens (tertiary/aromatic N) is 2. The van der Waals surface area contributed by atoms with E-state index in [0.29, 0.717) is 0 Å². The maximum absolute atomic E-state index is 6.10. The molecule has 1 saturated carbocycles. The van der Waals surface area contributed by atoms with E-state index >= 15 is 0 Å². The first kappa shape index (κ1) is 12.9. The summed E-state index contributed by atoms with van der Waals surface area (Å²) in [5, 5.41) is 2.33. The van der Waals surface area contributed by atoms with Gasteiger partial charge in [0.25, 0.3) is 0 Å². The Morgan fingerprint density at radius 1 is 1.00 bits per heavy atom. The fourth-order valence-electron chi connectivity index (χ4n) is 4.29. The SMILES string of the molecule is Nc1ccc(N2CCC3CCCCC3C2)c2ccncc12. The predicted octanol–water partition coefficient (Wildman–Crippen LogP) is 3.83. The Bertz CT molecular complexity index is 652. The van der Waals surface area contributed by atoms with Crippen molar-refractivity contribution in [1.29, 1.82) is 0 Å². The molecule has 2 N–H and O–H groups in total. The van der Waals surface area contributed by atoms with E-state index in [4.69, 9.17) is 5.73 Å². The smallest absolute Gasteiger partial charge is 0.0448 e. The van der Waals surface area contributed by atoms with Crippen LogP contribution in [0.3, 0.4) is 0 Å². The number of anilines is 2. The van der Waals surface area contributed by atoms with Crippen LogP contribution >= 0.6 is 0 Å². The first-order valence-corrected chi connectivity index (χ1v) is 8.20. The summed E-state index contributed by atoms with van der Waals surface area (Å²) in [4.78, 5) is 6.80. The lowest BCUT2D eigenvalue weighted by Gasteiger charge is -2.42. The molecular weight excluding hydrogens is 258 g/mol. The fraction of sp³-hybridized carbons (Fsp3) is 0.500. The average Bonchev–Trinajstić information content (AvgIpc) is 2.55. The lowest BCUT2D eigenvalue weighted by molar-refractivity contribution is 0.202. The summed E-state index contributed by atoms with van der Waals surface area (Å²) in [6.07, 6.45) is 10.8. The molecule has 2 atom stereocenters. The topological polar surface area (TPSA) is 42.1 Å². The van der Waals surface area contributed by atoms with Crippen molar-refractivity contribution in [3.63, 3.8) is 0 Å². The molecule has 4 rings (SSSR count). The van der Waals surface area contributed by atoms with Gasteiger partial charge in [0, 0.05) is 47.6 Å². The van der Waals surface area contributed by atoms with Crippen LogP contribution in [0.1, 0.15) is 32.1 Å². The van der Waals surface area contributed by atoms with Crippen LogP contribution in [0.15, 0.2) is 30.6 Å². The van der Waals surface area contributed by atoms with Gasteiger partial charge in [0.15, 0.2) is 0 Å². The molecule has 2 fully saturated rings. The van der Waals surface area contributed by atoms with Crippen molar-refractivity contribution < 1.29 is 0 Å². The third-order valence-corrected chi connectivity index (χ3v) is 5.46. The van der Waals surface area contributed by atoms with Crippen LogP contribution in [0.5, 0.6) is 0 Å². The molecule has 21 heavy (non-hydrogen) atoms. The summed E-state index contributed by atoms with van der Waals surface area (Å²) in [7, 11) is 0. The molecule has 3 heteroatoms. The van der Waals surface area contributed by atoms with Crippen LogP contribution in [0, 0.1) is 11.8 Å². The minimum absolute atomic E-state index is 0.828. The summed E-state index contributed by atoms with van der Waals surface area (Å²) in [5.41, 5.74) is 8.27. The van der Waals surface area contributed by atoms with Gasteiger partial charge in [-0.2, -0.15) is 0 Å². The highest BCUT2D eigenvalue weighted by Gasteiger charge is 2.31. The molecule has 2 heterocycles. The van der Waals surface area contributed by atoms with Crippen LogP contribution in [-0.2, 0) is 0 Å². The Labute approximate surface area is 126 Å². The molecule has 1 aliphatic carbocycles. The van der Waals surface area contributed by atoms with Crippen molar-refractivity contribution in [2.45, 2.75) is 32.1 Å². The molecule has 3 nitrogen and oxygen atoms in total. The highest BCUT2D eigenvalue weighted by Crippen LogP contribution is 2.39. The number of rotatable bonds is 1. The second-order valence-corrected chi connectivity index (χ2v) is 6.63. The molecule has 110 valence electrons. The third-order valence-electron chi connectivity index (χ3n) is 5.46. The average molecular weight is 281 g/mol. The van der Waals surface area contributed by atoms with Gasteiger partial charge in [-0.05, 0) is 42.9 Å². The summed E-state index contributed by atoms with van der Waals surface area (Å²) in [6, 6.07) is 6.33. The van der Waals surface area contributed by atoms with E-state index in [-0.39, 0.29) is 0 Å². The molecule has 1 aliphatic heterocycles. The zero-order chi connectivity index (χ0) is 14.2. The van der Waals surface area contributed by atoms with Crippen molar-refractivity contribution in [3.8, 4) is 0 Å². The van der Waals surface area contributed by atoms with Gasteiger partial charge < -0.3 is 10.6 Å². The van der Waals surface area contributed by atoms with Gasteiger partial charge >= 0.3 is 0 Å². The van der Waals surface area contributed by atoms with E-state index in [0.717, 1.165) is 22.9 Å². The molecule has 1 saturated heterocycles. The van der Waals surface area contributed by atoms with Gasteiger partial charge in [-0.3, -0.25) is 4.98 Å². The van der Waals surface area contributed by atoms with Crippen molar-refractivity contribution in [3.05, 3.63) is 30.6 Å². The first-order chi connectivity index (χ1) is 10.3. The molecule has 0 spiro atoms. The normalized spacial score (nSPS) is 25.8. The zero-order valence-electron chi connectivity index (χ0n) is 12.5. The highest BCUT2D eigenvalue weighted by atomic mass is 15.1. The van der Waals surface area contributed by atoms with Gasteiger partial charge in [-0.25, -0.2) is 0 Å². The Kier molecular flexibility index (Phi) is 3.21. The molecule has 0 radical (unpaired) electrons. The number of fused-ring (bicyclic) bond motifs is 2. The number of benzene rings is 1. The van der Waals surface area contributed by atoms with Crippen LogP contribution in [-0.4, -0.2) is 18.1 Å². The number of nitrogen functional groups attached to an aromatic ring is 1. The molecule has 2 aliphatic rings. The fourth-order valence-corrected chi connectivity index (χ4v) is 4.29. The predicted molar refractivity (Wildman–Crippen MR) is 88.4 cm³/mol. The summed E-state index contributed by atoms with van der Waals surface area (Å²) in [6.45, 7) is 2.40. The monoisotopic (exact) mass is 281 g/mol. The second kappa shape index (κ2) is 5.21. The molecular formula is C18H23N3.